The van der Waals surface area contributed by atoms with Crippen molar-refractivity contribution in [1.29, 1.82) is 42.1 Å². The third-order valence-corrected chi connectivity index (χ3v) is 20.7. The summed E-state index contributed by atoms with van der Waals surface area (Å²) in [5.41, 5.74) is -5.51. The molecule has 0 bridgehead atoms. The van der Waals surface area contributed by atoms with Crippen LogP contribution in [0.3, 0.4) is 0 Å². The first kappa shape index (κ1) is 93.7. The number of aromatic nitrogens is 21. The highest BCUT2D eigenvalue weighted by Crippen LogP contribution is 2.37. The number of allylic oxidation sites excluding steroid dienone is 6. The first-order chi connectivity index (χ1) is 71.9. The predicted octanol–water partition coefficient (Wildman–Crippen LogP) is -0.304. The number of rotatable bonds is 9. The number of nitrogens with zero attached hydrogens (tertiary/aromatic N) is 53. The van der Waals surface area contributed by atoms with Gasteiger partial charge in [0, 0.05) is 37.2 Å². The molecule has 12 aromatic heterocycles. The second-order valence-electron chi connectivity index (χ2n) is 29.8. The fraction of sp³-hybridized carbons (Fsp3) is 0.0778. The Morgan fingerprint density at radius 3 is 0.711 bits per heavy atom. The zero-order valence-electron chi connectivity index (χ0n) is 74.4. The van der Waals surface area contributed by atoms with Gasteiger partial charge < -0.3 is 14.5 Å². The van der Waals surface area contributed by atoms with Gasteiger partial charge in [0.15, 0.2) is 141 Å². The van der Waals surface area contributed by atoms with E-state index in [2.05, 4.69) is 236 Å². The Balaban J connectivity index is 0.000000142. The molecule has 0 saturated carbocycles. The number of alkyl halides is 6. The van der Waals surface area contributed by atoms with E-state index in [4.69, 9.17) is 39.4 Å². The molecule has 0 fully saturated rings. The quantitative estimate of drug-likeness (QED) is 0.102. The molecule has 21 heterocycles. The monoisotopic (exact) mass is 1960 g/mol. The molecule has 149 heavy (non-hydrogen) atoms. The summed E-state index contributed by atoms with van der Waals surface area (Å²) >= 11 is 0. The summed E-state index contributed by atoms with van der Waals surface area (Å²) in [5.74, 6) is -2.55. The highest BCUT2D eigenvalue weighted by Gasteiger charge is 2.39. The average Bonchev–Trinajstić information content (AvgIpc) is 1.65. The molecule has 0 amide bonds. The number of hydrogen-bond donors (Lipinski definition) is 0. The molecule has 12 aromatic rings. The summed E-state index contributed by atoms with van der Waals surface area (Å²) in [7, 11) is 0. The van der Waals surface area contributed by atoms with Crippen LogP contribution in [0.25, 0.3) is 79.6 Å². The summed E-state index contributed by atoms with van der Waals surface area (Å²) in [5, 5.41) is 80.7. The lowest BCUT2D eigenvalue weighted by Crippen LogP contribution is -2.33. The fourth-order valence-electron chi connectivity index (χ4n) is 14.0. The smallest absolute Gasteiger partial charge is 0.370 e. The van der Waals surface area contributed by atoms with Crippen LogP contribution in [0.1, 0.15) is 102 Å². The van der Waals surface area contributed by atoms with E-state index in [9.17, 15) is 68.4 Å². The molecule has 0 radical (unpaired) electrons. The predicted molar refractivity (Wildman–Crippen MR) is 469 cm³/mol. The van der Waals surface area contributed by atoms with E-state index < -0.39 is 63.4 Å². The Labute approximate surface area is 818 Å². The third-order valence-electron chi connectivity index (χ3n) is 20.7. The first-order valence-corrected chi connectivity index (χ1v) is 41.0. The van der Waals surface area contributed by atoms with Crippen LogP contribution in [0.15, 0.2) is 216 Å². The number of aryl methyl sites for hydroxylation is 5. The van der Waals surface area contributed by atoms with Crippen LogP contribution >= 0.6 is 0 Å². The summed E-state index contributed by atoms with van der Waals surface area (Å²) < 4.78 is 81.4. The topological polar surface area (TPSA) is 710 Å². The SMILES string of the molecule is [C-]#[N+]/C(=C1/N=c2nc(C#N)c([N+]#[C-])nc2=N1)c1cc(/C(C#N)=C2/N=c3nc(C)c(C#N)nc3=N2)cc(C(C#N)=C2N=c3nc([N+]#[C-])c([N+]#[C-])nc3=N2)n1.[C-]#[N+]/C(=C1\N=c2nc(C)c(C(F)(F)F)nc2=N1)c1cc(/C(C#N)=C2/N=c3nc(C)c(C(F)(F)F)nc3=N2)cc(C(C#N)=C2N=c3nc(C)c(C)nc3=N2)n1.[C-]#[N+]C(=C1N=c2nccnc2=N1)c1cc(C(C#N)=C2N=c3nccnc3=N2)cc(C(C#N)=C2N=c3nccnc3=N2)n1. The van der Waals surface area contributed by atoms with Gasteiger partial charge >= 0.3 is 29.1 Å². The third kappa shape index (κ3) is 17.4. The maximum Gasteiger partial charge on any atom is 0.435 e. The van der Waals surface area contributed by atoms with Gasteiger partial charge in [-0.25, -0.2) is 164 Å². The van der Waals surface area contributed by atoms with Gasteiger partial charge in [0.2, 0.25) is 16.5 Å². The zero-order valence-corrected chi connectivity index (χ0v) is 74.4. The number of fused-ring (bicyclic) bond motifs is 9. The van der Waals surface area contributed by atoms with Gasteiger partial charge in [-0.2, -0.15) is 83.4 Å². The van der Waals surface area contributed by atoms with Crippen LogP contribution in [0.5, 0.6) is 0 Å². The Morgan fingerprint density at radius 1 is 0.235 bits per heavy atom. The minimum absolute atomic E-state index is 0.00933. The molecular weight excluding hydrogens is 1940 g/mol. The zero-order chi connectivity index (χ0) is 105. The van der Waals surface area contributed by atoms with E-state index in [1.54, 1.807) is 26.8 Å². The van der Waals surface area contributed by atoms with E-state index >= 15 is 0 Å². The van der Waals surface area contributed by atoms with E-state index in [0.717, 1.165) is 13.8 Å². The summed E-state index contributed by atoms with van der Waals surface area (Å²) in [6, 6.07) is 23.7. The molecule has 694 valence electrons. The highest BCUT2D eigenvalue weighted by molar-refractivity contribution is 5.90. The second kappa shape index (κ2) is 37.2. The Morgan fingerprint density at radius 2 is 0.450 bits per heavy atom. The number of halogens is 6. The van der Waals surface area contributed by atoms with Crippen LogP contribution in [-0.2, 0) is 12.4 Å². The second-order valence-corrected chi connectivity index (χ2v) is 29.8. The van der Waals surface area contributed by atoms with E-state index in [-0.39, 0.29) is 259 Å². The van der Waals surface area contributed by atoms with Crippen LogP contribution < -0.4 is 98.8 Å². The van der Waals surface area contributed by atoms with Gasteiger partial charge in [0.25, 0.3) is 34.2 Å². The highest BCUT2D eigenvalue weighted by atomic mass is 19.4. The largest absolute Gasteiger partial charge is 0.435 e. The molecule has 9 aliphatic heterocycles. The summed E-state index contributed by atoms with van der Waals surface area (Å²) in [6.07, 6.45) is -0.984. The van der Waals surface area contributed by atoms with Crippen molar-refractivity contribution in [2.75, 3.05) is 0 Å². The van der Waals surface area contributed by atoms with Gasteiger partial charge in [-0.15, -0.1) is 9.97 Å². The molecule has 0 spiro atoms. The van der Waals surface area contributed by atoms with Gasteiger partial charge in [0.05, 0.1) is 82.3 Å². The lowest BCUT2D eigenvalue weighted by atomic mass is 10.0. The van der Waals surface area contributed by atoms with Gasteiger partial charge in [0.1, 0.15) is 82.0 Å². The molecule has 0 atom stereocenters. The van der Waals surface area contributed by atoms with Crippen LogP contribution in [0.4, 0.5) is 43.8 Å². The number of nitriles is 8. The first-order valence-electron chi connectivity index (χ1n) is 41.0. The molecular formula is C90H27F6N53. The molecule has 0 N–H and O–H groups in total. The number of pyridine rings is 3. The maximum absolute atomic E-state index is 13.6. The molecule has 9 aliphatic rings. The van der Waals surface area contributed by atoms with Gasteiger partial charge in [-0.1, -0.05) is 24.7 Å². The van der Waals surface area contributed by atoms with Crippen LogP contribution in [0.2, 0.25) is 0 Å². The van der Waals surface area contributed by atoms with Crippen molar-refractivity contribution in [1.82, 2.24) is 105 Å². The molecule has 0 saturated heterocycles. The van der Waals surface area contributed by atoms with Crippen molar-refractivity contribution in [3.05, 3.63) is 395 Å². The van der Waals surface area contributed by atoms with E-state index in [1.165, 1.54) is 73.6 Å². The normalized spacial score (nSPS) is 14.5. The number of hydrogen-bond acceptors (Lipinski definition) is 47. The van der Waals surface area contributed by atoms with Crippen LogP contribution in [0, 0.1) is 165 Å². The summed E-state index contributed by atoms with van der Waals surface area (Å²) in [6.45, 7) is 53.0. The van der Waals surface area contributed by atoms with E-state index in [0.29, 0.717) is 11.4 Å². The van der Waals surface area contributed by atoms with Crippen molar-refractivity contribution in [3.8, 4) is 48.6 Å². The molecule has 0 unspecified atom stereocenters. The maximum atomic E-state index is 13.6. The fourth-order valence-corrected chi connectivity index (χ4v) is 14.0. The lowest BCUT2D eigenvalue weighted by molar-refractivity contribution is -0.143. The minimum Gasteiger partial charge on any atom is -0.370 e. The Hall–Kier alpha value is -24.3. The van der Waals surface area contributed by atoms with Gasteiger partial charge in [-0.05, 0) is 87.7 Å². The Bertz CT molecular complexity index is 9960. The Kier molecular flexibility index (Phi) is 23.4. The van der Waals surface area contributed by atoms with E-state index in [1.807, 2.05) is 30.3 Å². The molecule has 53 nitrogen and oxygen atoms in total. The standard InChI is InChI=1S/C32H14F6N16.C32H5N21.C26H8N16/c1-10-11(2)43-26-25(42-10)51-23(52-26)16(9-40)17-6-14(15(8-39)22-49-27-29(50-22)47-20(12(3)44-27)31(33,34)35)7-18(46-17)19(41-5)24-53-28-30(54-24)48-21(13(4)45-28)32(36,37)38;1-12-18(10-35)43-28-27(41-12)45-21(46-28)14(8-33)13-6-16(15(9-34)22-47-31-32(48-22)53-26(40-5)25(39-4)52-31)42-17(7-13)20(37-2)24-50-29-30(51-24)49-23(38-3)19(11-36)44-29;1-29-17(20-41-25-26(42-20)35-7-6-34-25)16-9-12(13(10-27)18-37-21-22(38-18)31-3-2-30-21)8-15(36-16)14(11-28)19-39-23-24(40-19)33-5-4-32-23/h6-7H,1-4H3;6-7H,1H3;2-9H/b22-15-,24-19+;21-14-,24-20-;. The lowest BCUT2D eigenvalue weighted by Gasteiger charge is -2.09. The van der Waals surface area contributed by atoms with Gasteiger partial charge in [-0.3, -0.25) is 15.0 Å². The minimum atomic E-state index is -4.86. The van der Waals surface area contributed by atoms with Crippen LogP contribution in [-0.4, -0.2) is 105 Å². The van der Waals surface area contributed by atoms with Crippen molar-refractivity contribution in [3.63, 3.8) is 0 Å². The van der Waals surface area contributed by atoms with Crippen molar-refractivity contribution >= 4 is 68.0 Å². The average molecular weight is 1960 g/mol. The molecule has 0 aliphatic carbocycles. The molecule has 0 aromatic carbocycles. The molecule has 59 heteroatoms. The van der Waals surface area contributed by atoms with Crippen molar-refractivity contribution in [2.24, 2.45) is 89.9 Å². The summed E-state index contributed by atoms with van der Waals surface area (Å²) in [4.78, 5) is 183. The van der Waals surface area contributed by atoms with Crippen molar-refractivity contribution in [2.45, 2.75) is 47.0 Å². The molecule has 21 rings (SSSR count). The van der Waals surface area contributed by atoms with Crippen molar-refractivity contribution < 1.29 is 26.3 Å².